The summed E-state index contributed by atoms with van der Waals surface area (Å²) in [6.07, 6.45) is -1.50. The molecule has 0 saturated carbocycles. The van der Waals surface area contributed by atoms with Gasteiger partial charge in [0.05, 0.1) is 11.8 Å². The minimum absolute atomic E-state index is 0.368. The molecular formula is C11H19O8P. The summed E-state index contributed by atoms with van der Waals surface area (Å²) in [5.41, 5.74) is -0.850. The lowest BCUT2D eigenvalue weighted by atomic mass is 10.2. The van der Waals surface area contributed by atoms with Gasteiger partial charge in [0, 0.05) is 13.0 Å². The van der Waals surface area contributed by atoms with Crippen LogP contribution in [0.25, 0.3) is 0 Å². The van der Waals surface area contributed by atoms with Gasteiger partial charge in [0.15, 0.2) is 6.10 Å². The number of carboxylic acid groups (broad SMARTS) is 2. The number of rotatable bonds is 8. The number of hydrogen-bond acceptors (Lipinski definition) is 5. The normalized spacial score (nSPS) is 24.8. The molecule has 8 nitrogen and oxygen atoms in total. The molecule has 0 amide bonds. The highest BCUT2D eigenvalue weighted by atomic mass is 31.2. The van der Waals surface area contributed by atoms with E-state index in [1.165, 1.54) is 6.92 Å². The predicted octanol–water partition coefficient (Wildman–Crippen LogP) is 1.07. The van der Waals surface area contributed by atoms with Crippen LogP contribution in [0.4, 0.5) is 0 Å². The molecule has 0 aromatic rings. The molecule has 1 aliphatic heterocycles. The molecule has 1 rings (SSSR count). The van der Waals surface area contributed by atoms with Crippen molar-refractivity contribution in [2.45, 2.75) is 50.5 Å². The largest absolute Gasteiger partial charge is 0.481 e. The molecule has 0 spiro atoms. The second kappa shape index (κ2) is 7.17. The molecule has 4 unspecified atom stereocenters. The van der Waals surface area contributed by atoms with Crippen molar-refractivity contribution >= 4 is 19.5 Å². The number of carboxylic acids is 2. The highest BCUT2D eigenvalue weighted by Gasteiger charge is 2.40. The molecular weight excluding hydrogens is 291 g/mol. The van der Waals surface area contributed by atoms with Crippen molar-refractivity contribution in [3.05, 3.63) is 0 Å². The Morgan fingerprint density at radius 1 is 1.45 bits per heavy atom. The van der Waals surface area contributed by atoms with Crippen LogP contribution in [-0.2, 0) is 23.4 Å². The molecule has 20 heavy (non-hydrogen) atoms. The summed E-state index contributed by atoms with van der Waals surface area (Å²) in [5.74, 6) is -2.65. The Bertz CT molecular complexity index is 403. The third kappa shape index (κ3) is 4.86. The molecule has 1 aliphatic rings. The van der Waals surface area contributed by atoms with Crippen LogP contribution in [0, 0.1) is 0 Å². The van der Waals surface area contributed by atoms with Gasteiger partial charge in [0.25, 0.3) is 0 Å². The smallest absolute Gasteiger partial charge is 0.334 e. The van der Waals surface area contributed by atoms with Crippen molar-refractivity contribution in [1.82, 2.24) is 0 Å². The van der Waals surface area contributed by atoms with Crippen LogP contribution in [0.2, 0.25) is 0 Å². The van der Waals surface area contributed by atoms with Crippen LogP contribution in [0.5, 0.6) is 0 Å². The van der Waals surface area contributed by atoms with E-state index in [0.29, 0.717) is 13.0 Å². The third-order valence-electron chi connectivity index (χ3n) is 3.19. The topological polar surface area (TPSA) is 130 Å². The maximum Gasteiger partial charge on any atom is 0.334 e. The van der Waals surface area contributed by atoms with E-state index < -0.39 is 43.8 Å². The first-order chi connectivity index (χ1) is 9.24. The fourth-order valence-corrected chi connectivity index (χ4v) is 3.35. The fraction of sp³-hybridized carbons (Fsp3) is 0.818. The molecule has 0 radical (unpaired) electrons. The second-order valence-corrected chi connectivity index (χ2v) is 6.87. The molecule has 1 heterocycles. The molecule has 0 aromatic heterocycles. The Labute approximate surface area is 116 Å². The van der Waals surface area contributed by atoms with Gasteiger partial charge in [-0.1, -0.05) is 0 Å². The molecule has 3 N–H and O–H groups in total. The number of hydrogen-bond donors (Lipinski definition) is 3. The minimum Gasteiger partial charge on any atom is -0.481 e. The molecule has 4 atom stereocenters. The molecule has 1 saturated heterocycles. The Morgan fingerprint density at radius 3 is 2.55 bits per heavy atom. The van der Waals surface area contributed by atoms with Crippen molar-refractivity contribution in [2.24, 2.45) is 0 Å². The second-order valence-electron chi connectivity index (χ2n) is 4.72. The summed E-state index contributed by atoms with van der Waals surface area (Å²) in [6, 6.07) is 0. The lowest BCUT2D eigenvalue weighted by Gasteiger charge is -2.25. The van der Waals surface area contributed by atoms with Crippen LogP contribution in [0.15, 0.2) is 0 Å². The van der Waals surface area contributed by atoms with Gasteiger partial charge in [-0.05, 0) is 26.2 Å². The Morgan fingerprint density at radius 2 is 2.10 bits per heavy atom. The molecule has 1 fully saturated rings. The average Bonchev–Trinajstić information content (AvgIpc) is 2.86. The van der Waals surface area contributed by atoms with E-state index in [4.69, 9.17) is 19.5 Å². The summed E-state index contributed by atoms with van der Waals surface area (Å²) in [7, 11) is -4.20. The van der Waals surface area contributed by atoms with Crippen molar-refractivity contribution in [3.63, 3.8) is 0 Å². The monoisotopic (exact) mass is 310 g/mol. The fourth-order valence-electron chi connectivity index (χ4n) is 1.95. The van der Waals surface area contributed by atoms with E-state index in [2.05, 4.69) is 0 Å². The van der Waals surface area contributed by atoms with Crippen molar-refractivity contribution in [3.8, 4) is 0 Å². The van der Waals surface area contributed by atoms with E-state index in [1.807, 2.05) is 0 Å². The number of aliphatic carboxylic acids is 2. The van der Waals surface area contributed by atoms with E-state index in [9.17, 15) is 19.0 Å². The van der Waals surface area contributed by atoms with E-state index in [-0.39, 0.29) is 6.42 Å². The van der Waals surface area contributed by atoms with Gasteiger partial charge >= 0.3 is 19.5 Å². The highest BCUT2D eigenvalue weighted by Crippen LogP contribution is 2.52. The molecule has 0 aliphatic carbocycles. The van der Waals surface area contributed by atoms with Crippen LogP contribution < -0.4 is 0 Å². The van der Waals surface area contributed by atoms with Crippen LogP contribution >= 0.6 is 7.60 Å². The summed E-state index contributed by atoms with van der Waals surface area (Å²) in [4.78, 5) is 31.3. The summed E-state index contributed by atoms with van der Waals surface area (Å²) in [6.45, 7) is 1.96. The van der Waals surface area contributed by atoms with Gasteiger partial charge in [-0.3, -0.25) is 13.9 Å². The van der Waals surface area contributed by atoms with Gasteiger partial charge < -0.3 is 19.8 Å². The zero-order chi connectivity index (χ0) is 15.3. The SMILES string of the molecule is CC(C1CCCO1)P(=O)(O)OC(CCC(=O)O)C(=O)O. The Balaban J connectivity index is 2.66. The van der Waals surface area contributed by atoms with Crippen molar-refractivity contribution in [1.29, 1.82) is 0 Å². The first-order valence-corrected chi connectivity index (χ1v) is 7.95. The van der Waals surface area contributed by atoms with Crippen LogP contribution in [0.1, 0.15) is 32.6 Å². The maximum absolute atomic E-state index is 12.1. The van der Waals surface area contributed by atoms with Crippen molar-refractivity contribution < 1.29 is 38.5 Å². The van der Waals surface area contributed by atoms with Gasteiger partial charge in [-0.25, -0.2) is 4.79 Å². The van der Waals surface area contributed by atoms with Crippen LogP contribution in [0.3, 0.4) is 0 Å². The minimum atomic E-state index is -4.20. The molecule has 116 valence electrons. The molecule has 9 heteroatoms. The van der Waals surface area contributed by atoms with E-state index in [1.54, 1.807) is 0 Å². The average molecular weight is 310 g/mol. The number of ether oxygens (including phenoxy) is 1. The molecule has 0 bridgehead atoms. The van der Waals surface area contributed by atoms with E-state index >= 15 is 0 Å². The summed E-state index contributed by atoms with van der Waals surface area (Å²) >= 11 is 0. The third-order valence-corrected chi connectivity index (χ3v) is 5.11. The zero-order valence-electron chi connectivity index (χ0n) is 11.1. The van der Waals surface area contributed by atoms with Crippen molar-refractivity contribution in [2.75, 3.05) is 6.61 Å². The Hall–Kier alpha value is -0.950. The summed E-state index contributed by atoms with van der Waals surface area (Å²) < 4.78 is 22.2. The first kappa shape index (κ1) is 17.1. The standard InChI is InChI=1S/C11H19O8P/c1-7(8-3-2-6-18-8)20(16,17)19-9(11(14)15)4-5-10(12)13/h7-9H,2-6H2,1H3,(H,12,13)(H,14,15)(H,16,17). The van der Waals surface area contributed by atoms with Gasteiger partial charge in [0.1, 0.15) is 0 Å². The molecule has 0 aromatic carbocycles. The van der Waals surface area contributed by atoms with Gasteiger partial charge in [-0.15, -0.1) is 0 Å². The number of carbonyl (C=O) groups is 2. The van der Waals surface area contributed by atoms with Crippen LogP contribution in [-0.4, -0.2) is 51.5 Å². The van der Waals surface area contributed by atoms with E-state index in [0.717, 1.165) is 6.42 Å². The highest BCUT2D eigenvalue weighted by molar-refractivity contribution is 7.53. The van der Waals surface area contributed by atoms with Gasteiger partial charge in [-0.2, -0.15) is 0 Å². The maximum atomic E-state index is 12.1. The lowest BCUT2D eigenvalue weighted by molar-refractivity contribution is -0.146. The van der Waals surface area contributed by atoms with Gasteiger partial charge in [0.2, 0.25) is 0 Å². The quantitative estimate of drug-likeness (QED) is 0.567. The lowest BCUT2D eigenvalue weighted by Crippen LogP contribution is -2.29. The zero-order valence-corrected chi connectivity index (χ0v) is 12.0. The summed E-state index contributed by atoms with van der Waals surface area (Å²) in [5, 5.41) is 17.4. The predicted molar refractivity (Wildman–Crippen MR) is 67.6 cm³/mol. The first-order valence-electron chi connectivity index (χ1n) is 6.31. The Kier molecular flexibility index (Phi) is 6.13.